The second-order valence-corrected chi connectivity index (χ2v) is 8.63. The summed E-state index contributed by atoms with van der Waals surface area (Å²) in [5, 5.41) is 12.3. The maximum Gasteiger partial charge on any atom is 0.246 e. The van der Waals surface area contributed by atoms with Crippen molar-refractivity contribution in [2.45, 2.75) is 26.1 Å². The Kier molecular flexibility index (Phi) is 5.18. The van der Waals surface area contributed by atoms with Crippen molar-refractivity contribution >= 4 is 34.0 Å². The van der Waals surface area contributed by atoms with E-state index in [2.05, 4.69) is 15.1 Å². The molecule has 1 aromatic carbocycles. The lowest BCUT2D eigenvalue weighted by molar-refractivity contribution is -0.137. The van der Waals surface area contributed by atoms with E-state index in [0.717, 1.165) is 35.3 Å². The van der Waals surface area contributed by atoms with E-state index in [-0.39, 0.29) is 5.91 Å². The molecule has 30 heavy (non-hydrogen) atoms. The Bertz CT molecular complexity index is 1080. The van der Waals surface area contributed by atoms with Crippen molar-refractivity contribution in [1.82, 2.24) is 24.6 Å². The molecule has 8 nitrogen and oxygen atoms in total. The van der Waals surface area contributed by atoms with E-state index in [1.807, 2.05) is 41.1 Å². The number of carbonyl (C=O) groups is 1. The average Bonchev–Trinajstić information content (AvgIpc) is 3.41. The van der Waals surface area contributed by atoms with Crippen LogP contribution >= 0.6 is 22.9 Å². The molecule has 0 N–H and O–H groups in total. The Hall–Kier alpha value is -2.49. The zero-order valence-corrected chi connectivity index (χ0v) is 18.1. The van der Waals surface area contributed by atoms with E-state index >= 15 is 0 Å². The smallest absolute Gasteiger partial charge is 0.246 e. The number of thiazole rings is 1. The standard InChI is InChI=1S/C20H21ClN6O2S/c1-13-19(28)26(10-14-4-2-3-5-15(14)21)11-17-23-24-18(27(13)17)16-12-30-20(22-16)25-6-8-29-9-7-25/h2-5,12-13H,6-11H2,1H3/t13-/m0/s1. The number of amides is 1. The van der Waals surface area contributed by atoms with Crippen LogP contribution in [0.5, 0.6) is 0 Å². The molecule has 1 atom stereocenters. The maximum absolute atomic E-state index is 13.1. The first kappa shape index (κ1) is 19.5. The van der Waals surface area contributed by atoms with Gasteiger partial charge in [0.05, 0.1) is 19.8 Å². The van der Waals surface area contributed by atoms with Gasteiger partial charge >= 0.3 is 0 Å². The molecule has 2 aromatic heterocycles. The number of halogens is 1. The highest BCUT2D eigenvalue weighted by atomic mass is 35.5. The third kappa shape index (κ3) is 3.46. The molecule has 5 rings (SSSR count). The molecule has 0 unspecified atom stereocenters. The quantitative estimate of drug-likeness (QED) is 0.615. The number of morpholine rings is 1. The molecule has 1 fully saturated rings. The Morgan fingerprint density at radius 3 is 2.83 bits per heavy atom. The van der Waals surface area contributed by atoms with E-state index in [4.69, 9.17) is 21.3 Å². The van der Waals surface area contributed by atoms with Crippen LogP contribution in [0.1, 0.15) is 24.4 Å². The SMILES string of the molecule is C[C@H]1C(=O)N(Cc2ccccc2Cl)Cc2nnc(-c3csc(N4CCOCC4)n3)n21. The van der Waals surface area contributed by atoms with Crippen molar-refractivity contribution in [3.05, 3.63) is 46.1 Å². The summed E-state index contributed by atoms with van der Waals surface area (Å²) in [7, 11) is 0. The minimum absolute atomic E-state index is 0.0205. The first-order chi connectivity index (χ1) is 14.6. The normalized spacial score (nSPS) is 19.3. The lowest BCUT2D eigenvalue weighted by atomic mass is 10.1. The molecule has 0 bridgehead atoms. The largest absolute Gasteiger partial charge is 0.378 e. The number of nitrogens with zero attached hydrogens (tertiary/aromatic N) is 6. The highest BCUT2D eigenvalue weighted by Crippen LogP contribution is 2.32. The fourth-order valence-electron chi connectivity index (χ4n) is 3.87. The summed E-state index contributed by atoms with van der Waals surface area (Å²) >= 11 is 7.87. The number of ether oxygens (including phenoxy) is 1. The fourth-order valence-corrected chi connectivity index (χ4v) is 4.92. The number of rotatable bonds is 4. The van der Waals surface area contributed by atoms with Crippen LogP contribution in [0.25, 0.3) is 11.5 Å². The van der Waals surface area contributed by atoms with Crippen molar-refractivity contribution in [2.75, 3.05) is 31.2 Å². The minimum atomic E-state index is -0.408. The number of carbonyl (C=O) groups excluding carboxylic acids is 1. The lowest BCUT2D eigenvalue weighted by Gasteiger charge is -2.32. The van der Waals surface area contributed by atoms with Gasteiger partial charge in [-0.2, -0.15) is 0 Å². The second kappa shape index (κ2) is 7.98. The van der Waals surface area contributed by atoms with Crippen LogP contribution in [0.15, 0.2) is 29.6 Å². The molecular weight excluding hydrogens is 424 g/mol. The maximum atomic E-state index is 13.1. The number of hydrogen-bond acceptors (Lipinski definition) is 7. The first-order valence-electron chi connectivity index (χ1n) is 9.86. The van der Waals surface area contributed by atoms with Crippen LogP contribution in [0.4, 0.5) is 5.13 Å². The molecule has 10 heteroatoms. The molecule has 0 aliphatic carbocycles. The number of benzene rings is 1. The van der Waals surface area contributed by atoms with Crippen molar-refractivity contribution in [2.24, 2.45) is 0 Å². The molecule has 0 radical (unpaired) electrons. The molecule has 3 aromatic rings. The van der Waals surface area contributed by atoms with Gasteiger partial charge in [0.2, 0.25) is 5.91 Å². The van der Waals surface area contributed by atoms with Crippen molar-refractivity contribution in [3.8, 4) is 11.5 Å². The van der Waals surface area contributed by atoms with Gasteiger partial charge in [-0.1, -0.05) is 29.8 Å². The van der Waals surface area contributed by atoms with Crippen molar-refractivity contribution < 1.29 is 9.53 Å². The van der Waals surface area contributed by atoms with Gasteiger partial charge in [0.1, 0.15) is 11.7 Å². The monoisotopic (exact) mass is 444 g/mol. The fraction of sp³-hybridized carbons (Fsp3) is 0.400. The van der Waals surface area contributed by atoms with Crippen LogP contribution < -0.4 is 4.90 Å². The molecule has 2 aliphatic rings. The summed E-state index contributed by atoms with van der Waals surface area (Å²) in [5.41, 5.74) is 1.67. The Labute approximate surface area is 183 Å². The van der Waals surface area contributed by atoms with Crippen LogP contribution in [-0.2, 0) is 22.6 Å². The van der Waals surface area contributed by atoms with Crippen LogP contribution in [0.3, 0.4) is 0 Å². The van der Waals surface area contributed by atoms with Gasteiger partial charge in [-0.3, -0.25) is 9.36 Å². The number of hydrogen-bond donors (Lipinski definition) is 0. The highest BCUT2D eigenvalue weighted by molar-refractivity contribution is 7.14. The minimum Gasteiger partial charge on any atom is -0.378 e. The van der Waals surface area contributed by atoms with Gasteiger partial charge in [0, 0.05) is 30.0 Å². The summed E-state index contributed by atoms with van der Waals surface area (Å²) in [6.07, 6.45) is 0. The van der Waals surface area contributed by atoms with E-state index in [1.54, 1.807) is 16.2 Å². The zero-order chi connectivity index (χ0) is 20.7. The number of aromatic nitrogens is 4. The number of fused-ring (bicyclic) bond motifs is 1. The molecule has 2 aliphatic heterocycles. The van der Waals surface area contributed by atoms with Crippen molar-refractivity contribution in [1.29, 1.82) is 0 Å². The lowest BCUT2D eigenvalue weighted by Crippen LogP contribution is -2.41. The van der Waals surface area contributed by atoms with Gasteiger partial charge in [-0.15, -0.1) is 21.5 Å². The summed E-state index contributed by atoms with van der Waals surface area (Å²) in [4.78, 5) is 21.9. The third-order valence-corrected chi connectivity index (χ3v) is 6.75. The van der Waals surface area contributed by atoms with Gasteiger partial charge in [0.15, 0.2) is 16.8 Å². The number of anilines is 1. The van der Waals surface area contributed by atoms with E-state index in [0.29, 0.717) is 37.2 Å². The Balaban J connectivity index is 1.41. The van der Waals surface area contributed by atoms with E-state index in [9.17, 15) is 4.79 Å². The molecule has 0 spiro atoms. The van der Waals surface area contributed by atoms with Crippen LogP contribution in [-0.4, -0.2) is 56.9 Å². The summed E-state index contributed by atoms with van der Waals surface area (Å²) in [6, 6.07) is 7.18. The second-order valence-electron chi connectivity index (χ2n) is 7.39. The Morgan fingerprint density at radius 1 is 1.23 bits per heavy atom. The average molecular weight is 445 g/mol. The van der Waals surface area contributed by atoms with Gasteiger partial charge in [-0.25, -0.2) is 4.98 Å². The molecule has 1 saturated heterocycles. The molecular formula is C20H21ClN6O2S. The van der Waals surface area contributed by atoms with Gasteiger partial charge in [-0.05, 0) is 18.6 Å². The first-order valence-corrected chi connectivity index (χ1v) is 11.1. The van der Waals surface area contributed by atoms with Gasteiger partial charge < -0.3 is 14.5 Å². The van der Waals surface area contributed by atoms with Crippen LogP contribution in [0.2, 0.25) is 5.02 Å². The molecule has 1 amide bonds. The summed E-state index contributed by atoms with van der Waals surface area (Å²) in [6.45, 7) is 5.80. The van der Waals surface area contributed by atoms with E-state index < -0.39 is 6.04 Å². The predicted molar refractivity (Wildman–Crippen MR) is 115 cm³/mol. The summed E-state index contributed by atoms with van der Waals surface area (Å²) < 4.78 is 7.33. The molecule has 4 heterocycles. The molecule has 0 saturated carbocycles. The topological polar surface area (TPSA) is 76.4 Å². The zero-order valence-electron chi connectivity index (χ0n) is 16.5. The predicted octanol–water partition coefficient (Wildman–Crippen LogP) is 3.00. The molecule has 156 valence electrons. The third-order valence-electron chi connectivity index (χ3n) is 5.48. The van der Waals surface area contributed by atoms with Crippen LogP contribution in [0, 0.1) is 0 Å². The summed E-state index contributed by atoms with van der Waals surface area (Å²) in [5.74, 6) is 1.41. The van der Waals surface area contributed by atoms with Crippen molar-refractivity contribution in [3.63, 3.8) is 0 Å². The van der Waals surface area contributed by atoms with E-state index in [1.165, 1.54) is 0 Å². The Morgan fingerprint density at radius 2 is 2.03 bits per heavy atom. The van der Waals surface area contributed by atoms with Gasteiger partial charge in [0.25, 0.3) is 0 Å². The highest BCUT2D eigenvalue weighted by Gasteiger charge is 2.34.